The van der Waals surface area contributed by atoms with E-state index in [1.165, 1.54) is 11.1 Å². The molecule has 0 unspecified atom stereocenters. The molecule has 1 aromatic carbocycles. The van der Waals surface area contributed by atoms with E-state index >= 15 is 0 Å². The molecule has 2 aromatic rings. The fraction of sp³-hybridized carbons (Fsp3) is 0.500. The van der Waals surface area contributed by atoms with Crippen LogP contribution in [0.1, 0.15) is 17.0 Å². The molecule has 7 heteroatoms. The summed E-state index contributed by atoms with van der Waals surface area (Å²) in [6, 6.07) is 6.20. The molecule has 0 saturated heterocycles. The van der Waals surface area contributed by atoms with E-state index in [2.05, 4.69) is 51.3 Å². The van der Waals surface area contributed by atoms with Gasteiger partial charge < -0.3 is 24.6 Å². The van der Waals surface area contributed by atoms with E-state index in [9.17, 15) is 0 Å². The van der Waals surface area contributed by atoms with Gasteiger partial charge in [-0.2, -0.15) is 0 Å². The number of rotatable bonds is 7. The number of nitrogens with zero attached hydrogens (tertiary/aromatic N) is 4. The largest absolute Gasteiger partial charge is 0.493 e. The van der Waals surface area contributed by atoms with Gasteiger partial charge >= 0.3 is 0 Å². The van der Waals surface area contributed by atoms with Gasteiger partial charge in [0.25, 0.3) is 0 Å². The van der Waals surface area contributed by atoms with E-state index in [4.69, 9.17) is 9.47 Å². The zero-order valence-corrected chi connectivity index (χ0v) is 16.9. The van der Waals surface area contributed by atoms with Crippen LogP contribution < -0.4 is 19.7 Å². The normalized spacial score (nSPS) is 13.5. The van der Waals surface area contributed by atoms with Crippen molar-refractivity contribution in [2.24, 2.45) is 0 Å². The minimum Gasteiger partial charge on any atom is -0.493 e. The van der Waals surface area contributed by atoms with Crippen molar-refractivity contribution in [2.75, 3.05) is 58.2 Å². The predicted octanol–water partition coefficient (Wildman–Crippen LogP) is 2.34. The third-order valence-corrected chi connectivity index (χ3v) is 4.73. The molecule has 1 aromatic heterocycles. The molecule has 1 aliphatic rings. The number of likely N-dealkylation sites (N-methyl/N-ethyl adjacent to an activating group) is 1. The van der Waals surface area contributed by atoms with E-state index in [1.54, 1.807) is 14.2 Å². The van der Waals surface area contributed by atoms with Gasteiger partial charge in [-0.15, -0.1) is 0 Å². The lowest BCUT2D eigenvalue weighted by molar-refractivity contribution is 0.353. The van der Waals surface area contributed by atoms with E-state index < -0.39 is 0 Å². The number of methoxy groups -OCH3 is 2. The summed E-state index contributed by atoms with van der Waals surface area (Å²) in [6.45, 7) is 5.45. The Morgan fingerprint density at radius 2 is 1.78 bits per heavy atom. The third-order valence-electron chi connectivity index (χ3n) is 4.73. The topological polar surface area (TPSA) is 62.8 Å². The molecule has 0 spiro atoms. The lowest BCUT2D eigenvalue weighted by Gasteiger charge is -2.30. The summed E-state index contributed by atoms with van der Waals surface area (Å²) in [5.74, 6) is 4.16. The number of anilines is 2. The predicted molar refractivity (Wildman–Crippen MR) is 108 cm³/mol. The van der Waals surface area contributed by atoms with Crippen LogP contribution in [0.15, 0.2) is 18.2 Å². The van der Waals surface area contributed by atoms with Gasteiger partial charge in [0.2, 0.25) is 0 Å². The molecule has 0 aliphatic carbocycles. The summed E-state index contributed by atoms with van der Waals surface area (Å²) in [6.07, 6.45) is 0.947. The van der Waals surface area contributed by atoms with Crippen LogP contribution in [0.2, 0.25) is 0 Å². The Labute approximate surface area is 161 Å². The van der Waals surface area contributed by atoms with Gasteiger partial charge in [0, 0.05) is 32.2 Å². The highest BCUT2D eigenvalue weighted by molar-refractivity contribution is 5.54. The number of aryl methyl sites for hydroxylation is 1. The summed E-state index contributed by atoms with van der Waals surface area (Å²) >= 11 is 0. The van der Waals surface area contributed by atoms with Gasteiger partial charge in [-0.05, 0) is 50.7 Å². The van der Waals surface area contributed by atoms with Crippen LogP contribution >= 0.6 is 0 Å². The summed E-state index contributed by atoms with van der Waals surface area (Å²) in [5.41, 5.74) is 2.55. The lowest BCUT2D eigenvalue weighted by atomic mass is 9.99. The maximum Gasteiger partial charge on any atom is 0.161 e. The molecule has 2 heterocycles. The molecule has 0 radical (unpaired) electrons. The standard InChI is InChI=1S/C20H29N5O2/c1-14-22-19(21-7-9-24(2)3)12-20(23-14)25-8-6-15-10-17(26-4)18(27-5)11-16(15)13-25/h10-12H,6-9,13H2,1-5H3,(H,21,22,23). The average molecular weight is 371 g/mol. The maximum atomic E-state index is 5.46. The van der Waals surface area contributed by atoms with Crippen molar-refractivity contribution in [3.63, 3.8) is 0 Å². The highest BCUT2D eigenvalue weighted by atomic mass is 16.5. The number of aromatic nitrogens is 2. The zero-order valence-electron chi connectivity index (χ0n) is 16.9. The van der Waals surface area contributed by atoms with E-state index in [1.807, 2.05) is 13.0 Å². The quantitative estimate of drug-likeness (QED) is 0.801. The van der Waals surface area contributed by atoms with Gasteiger partial charge in [0.05, 0.1) is 14.2 Å². The SMILES string of the molecule is COc1cc2c(cc1OC)CN(c1cc(NCCN(C)C)nc(C)n1)CC2. The highest BCUT2D eigenvalue weighted by Gasteiger charge is 2.21. The maximum absolute atomic E-state index is 5.46. The second kappa shape index (κ2) is 8.43. The highest BCUT2D eigenvalue weighted by Crippen LogP contribution is 2.34. The summed E-state index contributed by atoms with van der Waals surface area (Å²) in [4.78, 5) is 13.6. The summed E-state index contributed by atoms with van der Waals surface area (Å²) < 4.78 is 10.9. The van der Waals surface area contributed by atoms with Crippen molar-refractivity contribution in [2.45, 2.75) is 19.9 Å². The molecule has 0 atom stereocenters. The molecule has 0 bridgehead atoms. The van der Waals surface area contributed by atoms with Crippen molar-refractivity contribution < 1.29 is 9.47 Å². The first-order chi connectivity index (χ1) is 13.0. The van der Waals surface area contributed by atoms with Crippen LogP contribution in [0.4, 0.5) is 11.6 Å². The molecule has 7 nitrogen and oxygen atoms in total. The molecule has 0 fully saturated rings. The first-order valence-electron chi connectivity index (χ1n) is 9.23. The Hall–Kier alpha value is -2.54. The minimum atomic E-state index is 0.767. The first kappa shape index (κ1) is 19.2. The lowest BCUT2D eigenvalue weighted by Crippen LogP contribution is -2.31. The fourth-order valence-corrected chi connectivity index (χ4v) is 3.29. The molecule has 27 heavy (non-hydrogen) atoms. The molecular formula is C20H29N5O2. The fourth-order valence-electron chi connectivity index (χ4n) is 3.29. The number of nitrogens with one attached hydrogen (secondary N) is 1. The Kier molecular flexibility index (Phi) is 6.01. The number of hydrogen-bond acceptors (Lipinski definition) is 7. The molecule has 0 saturated carbocycles. The van der Waals surface area contributed by atoms with Gasteiger partial charge in [-0.25, -0.2) is 9.97 Å². The second-order valence-electron chi connectivity index (χ2n) is 7.04. The van der Waals surface area contributed by atoms with Crippen LogP contribution in [0.25, 0.3) is 0 Å². The summed E-state index contributed by atoms with van der Waals surface area (Å²) in [5, 5.41) is 3.39. The van der Waals surface area contributed by atoms with Crippen LogP contribution in [0.5, 0.6) is 11.5 Å². The van der Waals surface area contributed by atoms with Gasteiger partial charge in [0.1, 0.15) is 17.5 Å². The molecule has 0 amide bonds. The second-order valence-corrected chi connectivity index (χ2v) is 7.04. The van der Waals surface area contributed by atoms with Crippen LogP contribution in [0.3, 0.4) is 0 Å². The zero-order chi connectivity index (χ0) is 19.4. The van der Waals surface area contributed by atoms with E-state index in [-0.39, 0.29) is 0 Å². The van der Waals surface area contributed by atoms with Gasteiger partial charge in [-0.3, -0.25) is 0 Å². The van der Waals surface area contributed by atoms with Crippen LogP contribution in [-0.4, -0.2) is 62.8 Å². The number of fused-ring (bicyclic) bond motifs is 1. The van der Waals surface area contributed by atoms with Gasteiger partial charge in [0.15, 0.2) is 11.5 Å². The first-order valence-corrected chi connectivity index (χ1v) is 9.23. The monoisotopic (exact) mass is 371 g/mol. The smallest absolute Gasteiger partial charge is 0.161 e. The van der Waals surface area contributed by atoms with Crippen molar-refractivity contribution in [3.8, 4) is 11.5 Å². The van der Waals surface area contributed by atoms with Crippen molar-refractivity contribution in [3.05, 3.63) is 35.2 Å². The Balaban J connectivity index is 1.79. The number of benzene rings is 1. The van der Waals surface area contributed by atoms with Gasteiger partial charge in [-0.1, -0.05) is 0 Å². The Bertz CT molecular complexity index is 794. The van der Waals surface area contributed by atoms with E-state index in [0.29, 0.717) is 0 Å². The number of hydrogen-bond donors (Lipinski definition) is 1. The van der Waals surface area contributed by atoms with Crippen LogP contribution in [-0.2, 0) is 13.0 Å². The Morgan fingerprint density at radius 1 is 1.07 bits per heavy atom. The van der Waals surface area contributed by atoms with Crippen molar-refractivity contribution >= 4 is 11.6 Å². The van der Waals surface area contributed by atoms with Crippen molar-refractivity contribution in [1.29, 1.82) is 0 Å². The molecule has 1 aliphatic heterocycles. The molecule has 1 N–H and O–H groups in total. The molecule has 146 valence electrons. The average Bonchev–Trinajstić information content (AvgIpc) is 2.65. The third kappa shape index (κ3) is 4.60. The molecule has 3 rings (SSSR count). The summed E-state index contributed by atoms with van der Waals surface area (Å²) in [7, 11) is 7.47. The van der Waals surface area contributed by atoms with Crippen molar-refractivity contribution in [1.82, 2.24) is 14.9 Å². The molecular weight excluding hydrogens is 342 g/mol. The minimum absolute atomic E-state index is 0.767. The number of ether oxygens (including phenoxy) is 2. The Morgan fingerprint density at radius 3 is 2.44 bits per heavy atom. The van der Waals surface area contributed by atoms with Crippen LogP contribution in [0, 0.1) is 6.92 Å². The van der Waals surface area contributed by atoms with E-state index in [0.717, 1.165) is 61.6 Å².